The Hall–Kier alpha value is 0.620. The molecule has 0 aromatic heterocycles. The molecule has 1 heterocycles. The summed E-state index contributed by atoms with van der Waals surface area (Å²) in [6.07, 6.45) is 3.10. The van der Waals surface area contributed by atoms with E-state index < -0.39 is 0 Å². The van der Waals surface area contributed by atoms with E-state index >= 15 is 0 Å². The number of ether oxygens (including phenoxy) is 2. The van der Waals surface area contributed by atoms with Crippen molar-refractivity contribution in [2.24, 2.45) is 5.92 Å². The van der Waals surface area contributed by atoms with Gasteiger partial charge in [0, 0.05) is 17.4 Å². The van der Waals surface area contributed by atoms with Crippen LogP contribution in [0.5, 0.6) is 0 Å². The van der Waals surface area contributed by atoms with Crippen LogP contribution in [0.2, 0.25) is 0 Å². The Bertz CT molecular complexity index is 138. The molecule has 0 aromatic carbocycles. The van der Waals surface area contributed by atoms with Crippen LogP contribution in [-0.2, 0) is 9.47 Å². The average molecular weight is 222 g/mol. The van der Waals surface area contributed by atoms with Gasteiger partial charge in [-0.05, 0) is 12.2 Å². The molecule has 0 radical (unpaired) electrons. The molecule has 78 valence electrons. The topological polar surface area (TPSA) is 18.5 Å². The first-order valence-electron chi connectivity index (χ1n) is 4.64. The highest BCUT2D eigenvalue weighted by atomic mass is 32.2. The summed E-state index contributed by atoms with van der Waals surface area (Å²) in [7, 11) is 0. The summed E-state index contributed by atoms with van der Waals surface area (Å²) in [4.78, 5) is 0. The van der Waals surface area contributed by atoms with Crippen molar-refractivity contribution in [3.05, 3.63) is 0 Å². The zero-order valence-electron chi connectivity index (χ0n) is 8.23. The largest absolute Gasteiger partial charge is 0.350 e. The van der Waals surface area contributed by atoms with Gasteiger partial charge in [0.25, 0.3) is 0 Å². The highest BCUT2D eigenvalue weighted by Gasteiger charge is 2.22. The molecule has 0 bridgehead atoms. The fourth-order valence-electron chi connectivity index (χ4n) is 1.34. The third kappa shape index (κ3) is 4.11. The Kier molecular flexibility index (Phi) is 5.55. The normalized spacial score (nSPS) is 23.3. The predicted octanol–water partition coefficient (Wildman–Crippen LogP) is 2.05. The summed E-state index contributed by atoms with van der Waals surface area (Å²) in [6, 6.07) is 0. The fraction of sp³-hybridized carbons (Fsp3) is 1.00. The van der Waals surface area contributed by atoms with Crippen LogP contribution < -0.4 is 0 Å². The summed E-state index contributed by atoms with van der Waals surface area (Å²) < 4.78 is 10.8. The van der Waals surface area contributed by atoms with Crippen molar-refractivity contribution in [1.82, 2.24) is 0 Å². The van der Waals surface area contributed by atoms with Crippen molar-refractivity contribution in [1.29, 1.82) is 0 Å². The predicted molar refractivity (Wildman–Crippen MR) is 60.6 cm³/mol. The number of thioether (sulfide) groups is 1. The maximum atomic E-state index is 5.39. The maximum Gasteiger partial charge on any atom is 0.158 e. The van der Waals surface area contributed by atoms with Gasteiger partial charge in [-0.25, -0.2) is 0 Å². The third-order valence-electron chi connectivity index (χ3n) is 2.25. The van der Waals surface area contributed by atoms with Crippen LogP contribution in [0, 0.1) is 5.92 Å². The Morgan fingerprint density at radius 1 is 1.46 bits per heavy atom. The second-order valence-electron chi connectivity index (χ2n) is 3.41. The number of rotatable bonds is 5. The van der Waals surface area contributed by atoms with Crippen LogP contribution in [0.15, 0.2) is 0 Å². The number of thiol groups is 1. The minimum atomic E-state index is 0.0199. The molecule has 4 heteroatoms. The van der Waals surface area contributed by atoms with E-state index in [0.29, 0.717) is 11.2 Å². The van der Waals surface area contributed by atoms with E-state index in [9.17, 15) is 0 Å². The Morgan fingerprint density at radius 3 is 2.62 bits per heavy atom. The zero-order valence-corrected chi connectivity index (χ0v) is 9.94. The van der Waals surface area contributed by atoms with Gasteiger partial charge in [0.15, 0.2) is 6.29 Å². The molecule has 1 aliphatic heterocycles. The van der Waals surface area contributed by atoms with Crippen molar-refractivity contribution in [3.8, 4) is 0 Å². The van der Waals surface area contributed by atoms with Gasteiger partial charge in [-0.1, -0.05) is 6.92 Å². The Balaban J connectivity index is 2.18. The van der Waals surface area contributed by atoms with Gasteiger partial charge in [0.2, 0.25) is 0 Å². The van der Waals surface area contributed by atoms with E-state index in [1.165, 1.54) is 0 Å². The van der Waals surface area contributed by atoms with Crippen LogP contribution in [0.4, 0.5) is 0 Å². The summed E-state index contributed by atoms with van der Waals surface area (Å²) in [5.41, 5.74) is 0. The van der Waals surface area contributed by atoms with Gasteiger partial charge in [0.05, 0.1) is 13.2 Å². The molecule has 0 spiro atoms. The standard InChI is InChI=1S/C9H18O2S2/c1-7(8(12)6-13-2)5-9-10-3-4-11-9/h7-9,12H,3-6H2,1-2H3. The van der Waals surface area contributed by atoms with Crippen LogP contribution in [0.3, 0.4) is 0 Å². The minimum absolute atomic E-state index is 0.0199. The van der Waals surface area contributed by atoms with Crippen LogP contribution in [0.25, 0.3) is 0 Å². The van der Waals surface area contributed by atoms with Crippen molar-refractivity contribution >= 4 is 24.4 Å². The van der Waals surface area contributed by atoms with E-state index in [1.54, 1.807) is 0 Å². The molecular formula is C9H18O2S2. The molecule has 1 rings (SSSR count). The SMILES string of the molecule is CSCC(S)C(C)CC1OCCO1. The van der Waals surface area contributed by atoms with E-state index in [2.05, 4.69) is 25.8 Å². The van der Waals surface area contributed by atoms with E-state index in [1.807, 2.05) is 11.8 Å². The molecule has 0 amide bonds. The zero-order chi connectivity index (χ0) is 9.68. The van der Waals surface area contributed by atoms with Crippen LogP contribution >= 0.6 is 24.4 Å². The van der Waals surface area contributed by atoms with Gasteiger partial charge in [-0.15, -0.1) is 0 Å². The van der Waals surface area contributed by atoms with E-state index in [0.717, 1.165) is 25.4 Å². The molecule has 0 aromatic rings. The lowest BCUT2D eigenvalue weighted by molar-refractivity contribution is -0.0552. The summed E-state index contributed by atoms with van der Waals surface area (Å²) in [6.45, 7) is 3.70. The molecule has 1 fully saturated rings. The molecule has 1 saturated heterocycles. The Morgan fingerprint density at radius 2 is 2.08 bits per heavy atom. The first-order valence-corrected chi connectivity index (χ1v) is 6.55. The first-order chi connectivity index (χ1) is 6.24. The highest BCUT2D eigenvalue weighted by Crippen LogP contribution is 2.22. The maximum absolute atomic E-state index is 5.39. The van der Waals surface area contributed by atoms with Crippen molar-refractivity contribution < 1.29 is 9.47 Å². The molecule has 2 unspecified atom stereocenters. The first kappa shape index (κ1) is 11.7. The Labute approximate surface area is 90.2 Å². The van der Waals surface area contributed by atoms with Crippen molar-refractivity contribution in [3.63, 3.8) is 0 Å². The lowest BCUT2D eigenvalue weighted by Crippen LogP contribution is -2.21. The van der Waals surface area contributed by atoms with Crippen molar-refractivity contribution in [2.75, 3.05) is 25.2 Å². The second-order valence-corrected chi connectivity index (χ2v) is 4.98. The molecule has 1 aliphatic rings. The molecule has 2 atom stereocenters. The summed E-state index contributed by atoms with van der Waals surface area (Å²) >= 11 is 6.38. The molecule has 2 nitrogen and oxygen atoms in total. The third-order valence-corrected chi connectivity index (χ3v) is 3.88. The van der Waals surface area contributed by atoms with Crippen LogP contribution in [-0.4, -0.2) is 36.8 Å². The van der Waals surface area contributed by atoms with Crippen LogP contribution in [0.1, 0.15) is 13.3 Å². The summed E-state index contributed by atoms with van der Waals surface area (Å²) in [5, 5.41) is 0.447. The van der Waals surface area contributed by atoms with Gasteiger partial charge in [-0.2, -0.15) is 24.4 Å². The van der Waals surface area contributed by atoms with Gasteiger partial charge in [0.1, 0.15) is 0 Å². The van der Waals surface area contributed by atoms with Gasteiger partial charge >= 0.3 is 0 Å². The van der Waals surface area contributed by atoms with Gasteiger partial charge in [-0.3, -0.25) is 0 Å². The highest BCUT2D eigenvalue weighted by molar-refractivity contribution is 7.99. The fourth-order valence-corrected chi connectivity index (χ4v) is 2.58. The smallest absolute Gasteiger partial charge is 0.158 e. The lowest BCUT2D eigenvalue weighted by atomic mass is 10.0. The molecule has 0 N–H and O–H groups in total. The van der Waals surface area contributed by atoms with Crippen molar-refractivity contribution in [2.45, 2.75) is 24.9 Å². The molecule has 13 heavy (non-hydrogen) atoms. The van der Waals surface area contributed by atoms with E-state index in [-0.39, 0.29) is 6.29 Å². The number of hydrogen-bond donors (Lipinski definition) is 1. The number of hydrogen-bond acceptors (Lipinski definition) is 4. The molecule has 0 saturated carbocycles. The summed E-state index contributed by atoms with van der Waals surface area (Å²) in [5.74, 6) is 1.65. The minimum Gasteiger partial charge on any atom is -0.350 e. The lowest BCUT2D eigenvalue weighted by Gasteiger charge is -2.20. The second kappa shape index (κ2) is 6.17. The monoisotopic (exact) mass is 222 g/mol. The van der Waals surface area contributed by atoms with E-state index in [4.69, 9.17) is 9.47 Å². The average Bonchev–Trinajstić information content (AvgIpc) is 2.57. The molecule has 0 aliphatic carbocycles. The quantitative estimate of drug-likeness (QED) is 0.718. The van der Waals surface area contributed by atoms with Gasteiger partial charge < -0.3 is 9.47 Å². The molecular weight excluding hydrogens is 204 g/mol.